The first-order valence-electron chi connectivity index (χ1n) is 13.6. The highest BCUT2D eigenvalue weighted by Crippen LogP contribution is 2.48. The number of thioether (sulfide) groups is 1. The molecule has 6 rings (SSSR count). The number of carbonyl (C=O) groups is 2. The van der Waals surface area contributed by atoms with Crippen LogP contribution in [-0.2, 0) is 16.1 Å². The Labute approximate surface area is 247 Å². The van der Waals surface area contributed by atoms with Gasteiger partial charge in [0.25, 0.3) is 0 Å². The number of nitrogens with one attached hydrogen (secondary N) is 1. The molecular weight excluding hydrogens is 549 g/mol. The normalized spacial score (nSPS) is 14.8. The van der Waals surface area contributed by atoms with E-state index in [4.69, 9.17) is 5.10 Å². The summed E-state index contributed by atoms with van der Waals surface area (Å²) in [5, 5.41) is 7.65. The van der Waals surface area contributed by atoms with Crippen LogP contribution in [0.15, 0.2) is 103 Å². The summed E-state index contributed by atoms with van der Waals surface area (Å²) in [5.74, 6) is -0.210. The number of anilines is 1. The number of halogens is 1. The van der Waals surface area contributed by atoms with Crippen molar-refractivity contribution < 1.29 is 14.0 Å². The zero-order valence-corrected chi connectivity index (χ0v) is 23.7. The van der Waals surface area contributed by atoms with Crippen molar-refractivity contribution in [1.29, 1.82) is 0 Å². The molecule has 0 spiro atoms. The van der Waals surface area contributed by atoms with Gasteiger partial charge in [0.1, 0.15) is 18.2 Å². The van der Waals surface area contributed by atoms with Crippen LogP contribution in [0.2, 0.25) is 0 Å². The van der Waals surface area contributed by atoms with Gasteiger partial charge in [-0.2, -0.15) is 5.10 Å². The van der Waals surface area contributed by atoms with Gasteiger partial charge in [-0.25, -0.2) is 9.07 Å². The summed E-state index contributed by atoms with van der Waals surface area (Å²) < 4.78 is 15.7. The van der Waals surface area contributed by atoms with E-state index in [1.807, 2.05) is 79.7 Å². The molecule has 7 nitrogen and oxygen atoms in total. The van der Waals surface area contributed by atoms with Gasteiger partial charge in [-0.15, -0.1) is 11.8 Å². The second-order valence-electron chi connectivity index (χ2n) is 10.0. The molecule has 0 fully saturated rings. The third kappa shape index (κ3) is 5.69. The molecule has 210 valence electrons. The molecular formula is C33H28FN5O2S. The minimum atomic E-state index is -0.335. The van der Waals surface area contributed by atoms with Gasteiger partial charge in [-0.3, -0.25) is 19.5 Å². The molecule has 0 bridgehead atoms. The van der Waals surface area contributed by atoms with Crippen molar-refractivity contribution >= 4 is 29.4 Å². The van der Waals surface area contributed by atoms with Crippen molar-refractivity contribution in [3.8, 4) is 16.9 Å². The number of aryl methyl sites for hydroxylation is 1. The number of aromatic nitrogens is 3. The number of benzene rings is 3. The Morgan fingerprint density at radius 1 is 1.00 bits per heavy atom. The first-order valence-corrected chi connectivity index (χ1v) is 14.6. The van der Waals surface area contributed by atoms with Crippen LogP contribution in [0.1, 0.15) is 27.6 Å². The third-order valence-electron chi connectivity index (χ3n) is 7.05. The quantitative estimate of drug-likeness (QED) is 0.262. The fourth-order valence-electron chi connectivity index (χ4n) is 5.06. The number of amides is 2. The van der Waals surface area contributed by atoms with Crippen LogP contribution in [0.3, 0.4) is 0 Å². The summed E-state index contributed by atoms with van der Waals surface area (Å²) in [4.78, 5) is 32.9. The number of carbonyl (C=O) groups excluding carboxylic acids is 2. The number of fused-ring (bicyclic) bond motifs is 1. The fourth-order valence-corrected chi connectivity index (χ4v) is 6.26. The van der Waals surface area contributed by atoms with Crippen LogP contribution in [0.5, 0.6) is 0 Å². The summed E-state index contributed by atoms with van der Waals surface area (Å²) in [6.45, 7) is 2.05. The topological polar surface area (TPSA) is 80.1 Å². The van der Waals surface area contributed by atoms with E-state index >= 15 is 0 Å². The van der Waals surface area contributed by atoms with Crippen LogP contribution >= 0.6 is 11.8 Å². The smallest absolute Gasteiger partial charge is 0.240 e. The highest BCUT2D eigenvalue weighted by Gasteiger charge is 2.37. The lowest BCUT2D eigenvalue weighted by molar-refractivity contribution is -0.123. The first kappa shape index (κ1) is 27.4. The van der Waals surface area contributed by atoms with E-state index in [0.717, 1.165) is 33.6 Å². The van der Waals surface area contributed by atoms with E-state index in [0.29, 0.717) is 11.5 Å². The molecule has 0 aliphatic carbocycles. The molecule has 5 aromatic rings. The van der Waals surface area contributed by atoms with Gasteiger partial charge in [-0.05, 0) is 54.4 Å². The number of nitrogens with zero attached hydrogens (tertiary/aromatic N) is 4. The van der Waals surface area contributed by atoms with E-state index in [1.54, 1.807) is 23.0 Å². The van der Waals surface area contributed by atoms with Gasteiger partial charge < -0.3 is 5.32 Å². The van der Waals surface area contributed by atoms with Crippen LogP contribution < -0.4 is 10.2 Å². The molecule has 0 saturated carbocycles. The molecule has 1 N–H and O–H groups in total. The summed E-state index contributed by atoms with van der Waals surface area (Å²) in [6, 6.07) is 29.5. The lowest BCUT2D eigenvalue weighted by atomic mass is 9.99. The molecule has 3 aromatic carbocycles. The Hall–Kier alpha value is -4.76. The van der Waals surface area contributed by atoms with Crippen LogP contribution in [0.25, 0.3) is 16.9 Å². The third-order valence-corrected chi connectivity index (χ3v) is 8.30. The summed E-state index contributed by atoms with van der Waals surface area (Å²) >= 11 is 1.45. The van der Waals surface area contributed by atoms with E-state index in [1.165, 1.54) is 28.8 Å². The highest BCUT2D eigenvalue weighted by atomic mass is 32.2. The van der Waals surface area contributed by atoms with E-state index in [9.17, 15) is 14.0 Å². The predicted molar refractivity (Wildman–Crippen MR) is 163 cm³/mol. The first-order chi connectivity index (χ1) is 20.5. The fraction of sp³-hybridized carbons (Fsp3) is 0.152. The average Bonchev–Trinajstić information content (AvgIpc) is 3.34. The largest absolute Gasteiger partial charge is 0.349 e. The summed E-state index contributed by atoms with van der Waals surface area (Å²) in [7, 11) is 0. The standard InChI is InChI=1S/C33H28FN5O2S/c1-22-8-7-12-27(18-22)39-33-30(31(37-39)23-9-3-2-4-10-23)32(24-13-15-25(34)16-14-24)42-21-29(41)38(33)20-28(40)36-19-26-11-5-6-17-35-26/h2-18,32H,19-21H2,1H3,(H,36,40). The van der Waals surface area contributed by atoms with Gasteiger partial charge in [0, 0.05) is 17.3 Å². The van der Waals surface area contributed by atoms with Crippen molar-refractivity contribution in [1.82, 2.24) is 20.1 Å². The van der Waals surface area contributed by atoms with Crippen LogP contribution in [0.4, 0.5) is 10.2 Å². The molecule has 1 aliphatic rings. The van der Waals surface area contributed by atoms with Crippen LogP contribution in [0, 0.1) is 12.7 Å². The molecule has 2 aromatic heterocycles. The molecule has 1 unspecified atom stereocenters. The maximum Gasteiger partial charge on any atom is 0.240 e. The molecule has 1 atom stereocenters. The molecule has 0 radical (unpaired) electrons. The average molecular weight is 578 g/mol. The number of pyridine rings is 1. The maximum atomic E-state index is 14.0. The number of hydrogen-bond acceptors (Lipinski definition) is 5. The lowest BCUT2D eigenvalue weighted by Gasteiger charge is -2.23. The lowest BCUT2D eigenvalue weighted by Crippen LogP contribution is -2.42. The Bertz CT molecular complexity index is 1730. The molecule has 9 heteroatoms. The van der Waals surface area contributed by atoms with E-state index in [-0.39, 0.29) is 41.7 Å². The molecule has 3 heterocycles. The van der Waals surface area contributed by atoms with Crippen molar-refractivity contribution in [3.05, 3.63) is 131 Å². The zero-order valence-electron chi connectivity index (χ0n) is 22.9. The summed E-state index contributed by atoms with van der Waals surface area (Å²) in [6.07, 6.45) is 1.67. The molecule has 2 amide bonds. The molecule has 42 heavy (non-hydrogen) atoms. The van der Waals surface area contributed by atoms with Crippen molar-refractivity contribution in [2.45, 2.75) is 18.7 Å². The van der Waals surface area contributed by atoms with Crippen LogP contribution in [-0.4, -0.2) is 38.9 Å². The van der Waals surface area contributed by atoms with Crippen molar-refractivity contribution in [2.75, 3.05) is 17.2 Å². The van der Waals surface area contributed by atoms with Crippen molar-refractivity contribution in [3.63, 3.8) is 0 Å². The Kier molecular flexibility index (Phi) is 7.83. The minimum Gasteiger partial charge on any atom is -0.349 e. The zero-order chi connectivity index (χ0) is 29.1. The SMILES string of the molecule is Cc1cccc(-n2nc(-c3ccccc3)c3c2N(CC(=O)NCc2ccccn2)C(=O)CSC3c2ccc(F)cc2)c1. The second kappa shape index (κ2) is 12.0. The van der Waals surface area contributed by atoms with Gasteiger partial charge in [0.05, 0.1) is 34.6 Å². The van der Waals surface area contributed by atoms with Gasteiger partial charge in [0.2, 0.25) is 11.8 Å². The van der Waals surface area contributed by atoms with Gasteiger partial charge in [0.15, 0.2) is 0 Å². The molecule has 0 saturated heterocycles. The number of rotatable bonds is 7. The maximum absolute atomic E-state index is 14.0. The molecule has 1 aliphatic heterocycles. The Balaban J connectivity index is 1.52. The minimum absolute atomic E-state index is 0.131. The summed E-state index contributed by atoms with van der Waals surface area (Å²) in [5.41, 5.74) is 5.73. The Morgan fingerprint density at radius 3 is 2.52 bits per heavy atom. The van der Waals surface area contributed by atoms with Crippen molar-refractivity contribution in [2.24, 2.45) is 0 Å². The number of hydrogen-bond donors (Lipinski definition) is 1. The second-order valence-corrected chi connectivity index (χ2v) is 11.1. The van der Waals surface area contributed by atoms with Gasteiger partial charge >= 0.3 is 0 Å². The van der Waals surface area contributed by atoms with E-state index in [2.05, 4.69) is 10.3 Å². The van der Waals surface area contributed by atoms with E-state index < -0.39 is 0 Å². The highest BCUT2D eigenvalue weighted by molar-refractivity contribution is 8.00. The predicted octanol–water partition coefficient (Wildman–Crippen LogP) is 5.87. The monoisotopic (exact) mass is 577 g/mol. The van der Waals surface area contributed by atoms with Gasteiger partial charge in [-0.1, -0.05) is 60.7 Å². The Morgan fingerprint density at radius 2 is 1.79 bits per heavy atom.